The van der Waals surface area contributed by atoms with Gasteiger partial charge in [0, 0.05) is 19.3 Å². The van der Waals surface area contributed by atoms with Crippen LogP contribution in [0.15, 0.2) is 5.76 Å². The van der Waals surface area contributed by atoms with E-state index in [1.807, 2.05) is 20.8 Å². The fraction of sp³-hybridized carbons (Fsp3) is 0.636. The van der Waals surface area contributed by atoms with E-state index in [9.17, 15) is 9.59 Å². The van der Waals surface area contributed by atoms with Crippen LogP contribution in [0.2, 0.25) is 0 Å². The first-order chi connectivity index (χ1) is 12.7. The molecule has 0 amide bonds. The summed E-state index contributed by atoms with van der Waals surface area (Å²) in [4.78, 5) is 34.5. The van der Waals surface area contributed by atoms with Crippen molar-refractivity contribution in [1.29, 1.82) is 0 Å². The van der Waals surface area contributed by atoms with Gasteiger partial charge in [-0.05, 0) is 39.0 Å². The van der Waals surface area contributed by atoms with Gasteiger partial charge in [-0.15, -0.1) is 0 Å². The van der Waals surface area contributed by atoms with Crippen molar-refractivity contribution in [3.63, 3.8) is 0 Å². The molecule has 0 saturated carbocycles. The van der Waals surface area contributed by atoms with Crippen molar-refractivity contribution >= 4 is 17.3 Å². The van der Waals surface area contributed by atoms with Crippen LogP contribution in [0.4, 0.5) is 0 Å². The SMILES string of the molecule is CCCCCC(=O)OC1=C(c2nc(C)c(C)nc2C)C(=O)CC(C(C)C)C1. The highest BCUT2D eigenvalue weighted by molar-refractivity contribution is 6.22. The molecule has 1 heterocycles. The number of rotatable bonds is 7. The third kappa shape index (κ3) is 5.24. The standard InChI is InChI=1S/C22H32N2O3/c1-7-8-9-10-20(26)27-19-12-17(13(2)3)11-18(25)21(19)22-16(6)23-14(4)15(5)24-22/h13,17H,7-12H2,1-6H3. The van der Waals surface area contributed by atoms with Crippen molar-refractivity contribution < 1.29 is 14.3 Å². The number of aryl methyl sites for hydroxylation is 3. The summed E-state index contributed by atoms with van der Waals surface area (Å²) in [6, 6.07) is 0. The topological polar surface area (TPSA) is 69.2 Å². The van der Waals surface area contributed by atoms with Gasteiger partial charge in [-0.3, -0.25) is 14.6 Å². The first-order valence-electron chi connectivity index (χ1n) is 10.0. The number of ether oxygens (including phenoxy) is 1. The number of allylic oxidation sites excluding steroid dienone is 2. The number of carbonyl (C=O) groups excluding carboxylic acids is 2. The fourth-order valence-corrected chi connectivity index (χ4v) is 3.40. The van der Waals surface area contributed by atoms with Crippen LogP contribution in [0.3, 0.4) is 0 Å². The summed E-state index contributed by atoms with van der Waals surface area (Å²) in [6.45, 7) is 11.9. The molecular weight excluding hydrogens is 340 g/mol. The van der Waals surface area contributed by atoms with Gasteiger partial charge in [0.15, 0.2) is 5.78 Å². The first kappa shape index (κ1) is 21.3. The molecule has 0 saturated heterocycles. The molecular formula is C22H32N2O3. The van der Waals surface area contributed by atoms with E-state index in [-0.39, 0.29) is 17.7 Å². The van der Waals surface area contributed by atoms with E-state index in [0.29, 0.717) is 47.9 Å². The Labute approximate surface area is 162 Å². The number of nitrogens with zero attached hydrogens (tertiary/aromatic N) is 2. The molecule has 1 aliphatic carbocycles. The third-order valence-electron chi connectivity index (χ3n) is 5.34. The number of aromatic nitrogens is 2. The van der Waals surface area contributed by atoms with Gasteiger partial charge in [0.1, 0.15) is 5.76 Å². The Kier molecular flexibility index (Phi) is 7.28. The summed E-state index contributed by atoms with van der Waals surface area (Å²) in [5.41, 5.74) is 3.34. The molecule has 1 atom stereocenters. The summed E-state index contributed by atoms with van der Waals surface area (Å²) in [5.74, 6) is 0.738. The zero-order valence-corrected chi connectivity index (χ0v) is 17.5. The molecule has 2 rings (SSSR count). The van der Waals surface area contributed by atoms with Gasteiger partial charge in [-0.1, -0.05) is 33.6 Å². The Bertz CT molecular complexity index is 750. The Balaban J connectivity index is 2.43. The Morgan fingerprint density at radius 3 is 2.37 bits per heavy atom. The number of esters is 1. The van der Waals surface area contributed by atoms with Gasteiger partial charge < -0.3 is 4.74 Å². The molecule has 0 bridgehead atoms. The second kappa shape index (κ2) is 9.25. The monoisotopic (exact) mass is 372 g/mol. The molecule has 27 heavy (non-hydrogen) atoms. The van der Waals surface area contributed by atoms with Crippen molar-refractivity contribution in [2.45, 2.75) is 80.1 Å². The molecule has 0 aromatic carbocycles. The van der Waals surface area contributed by atoms with Crippen LogP contribution in [-0.2, 0) is 14.3 Å². The number of ketones is 1. The molecule has 0 radical (unpaired) electrons. The van der Waals surface area contributed by atoms with Crippen molar-refractivity contribution in [3.05, 3.63) is 28.5 Å². The zero-order valence-electron chi connectivity index (χ0n) is 17.5. The summed E-state index contributed by atoms with van der Waals surface area (Å²) < 4.78 is 5.73. The number of Topliss-reactive ketones (excluding diaryl/α,β-unsaturated/α-hetero) is 1. The Morgan fingerprint density at radius 1 is 1.07 bits per heavy atom. The fourth-order valence-electron chi connectivity index (χ4n) is 3.40. The molecule has 148 valence electrons. The number of unbranched alkanes of at least 4 members (excludes halogenated alkanes) is 2. The average Bonchev–Trinajstić information content (AvgIpc) is 2.58. The Morgan fingerprint density at radius 2 is 1.74 bits per heavy atom. The second-order valence-electron chi connectivity index (χ2n) is 7.89. The number of carbonyl (C=O) groups is 2. The van der Waals surface area contributed by atoms with E-state index in [4.69, 9.17) is 4.74 Å². The predicted molar refractivity (Wildman–Crippen MR) is 106 cm³/mol. The van der Waals surface area contributed by atoms with E-state index < -0.39 is 0 Å². The Hall–Kier alpha value is -2.04. The second-order valence-corrected chi connectivity index (χ2v) is 7.89. The van der Waals surface area contributed by atoms with Crippen molar-refractivity contribution in [3.8, 4) is 0 Å². The van der Waals surface area contributed by atoms with Crippen molar-refractivity contribution in [2.24, 2.45) is 11.8 Å². The minimum Gasteiger partial charge on any atom is -0.430 e. The van der Waals surface area contributed by atoms with Gasteiger partial charge in [0.05, 0.1) is 28.3 Å². The van der Waals surface area contributed by atoms with Gasteiger partial charge in [-0.25, -0.2) is 4.98 Å². The third-order valence-corrected chi connectivity index (χ3v) is 5.34. The molecule has 1 unspecified atom stereocenters. The number of hydrogen-bond donors (Lipinski definition) is 0. The summed E-state index contributed by atoms with van der Waals surface area (Å²) in [6.07, 6.45) is 4.28. The molecule has 5 nitrogen and oxygen atoms in total. The minimum absolute atomic E-state index is 0.00281. The lowest BCUT2D eigenvalue weighted by Crippen LogP contribution is -2.25. The van der Waals surface area contributed by atoms with Gasteiger partial charge >= 0.3 is 5.97 Å². The van der Waals surface area contributed by atoms with Crippen LogP contribution in [-0.4, -0.2) is 21.7 Å². The highest BCUT2D eigenvalue weighted by atomic mass is 16.5. The smallest absolute Gasteiger partial charge is 0.310 e. The molecule has 1 aliphatic rings. The van der Waals surface area contributed by atoms with E-state index >= 15 is 0 Å². The van der Waals surface area contributed by atoms with E-state index in [1.165, 1.54) is 0 Å². The quantitative estimate of drug-likeness (QED) is 0.504. The van der Waals surface area contributed by atoms with Crippen LogP contribution < -0.4 is 0 Å². The van der Waals surface area contributed by atoms with Gasteiger partial charge in [0.25, 0.3) is 0 Å². The van der Waals surface area contributed by atoms with E-state index in [1.54, 1.807) is 0 Å². The average molecular weight is 373 g/mol. The van der Waals surface area contributed by atoms with Crippen LogP contribution in [0.1, 0.15) is 82.1 Å². The highest BCUT2D eigenvalue weighted by Gasteiger charge is 2.34. The minimum atomic E-state index is -0.261. The molecule has 0 aliphatic heterocycles. The van der Waals surface area contributed by atoms with Crippen LogP contribution in [0.25, 0.3) is 5.57 Å². The maximum Gasteiger partial charge on any atom is 0.310 e. The van der Waals surface area contributed by atoms with Crippen molar-refractivity contribution in [1.82, 2.24) is 9.97 Å². The largest absolute Gasteiger partial charge is 0.430 e. The maximum absolute atomic E-state index is 13.0. The first-order valence-corrected chi connectivity index (χ1v) is 10.0. The zero-order chi connectivity index (χ0) is 20.1. The summed E-state index contributed by atoms with van der Waals surface area (Å²) in [7, 11) is 0. The normalized spacial score (nSPS) is 17.6. The number of hydrogen-bond acceptors (Lipinski definition) is 5. The lowest BCUT2D eigenvalue weighted by Gasteiger charge is -2.28. The highest BCUT2D eigenvalue weighted by Crippen LogP contribution is 2.37. The molecule has 0 spiro atoms. The molecule has 1 aromatic rings. The lowest BCUT2D eigenvalue weighted by molar-refractivity contribution is -0.140. The van der Waals surface area contributed by atoms with Crippen molar-refractivity contribution in [2.75, 3.05) is 0 Å². The lowest BCUT2D eigenvalue weighted by atomic mass is 9.79. The van der Waals surface area contributed by atoms with E-state index in [2.05, 4.69) is 30.7 Å². The predicted octanol–water partition coefficient (Wildman–Crippen LogP) is 4.87. The summed E-state index contributed by atoms with van der Waals surface area (Å²) >= 11 is 0. The van der Waals surface area contributed by atoms with Crippen LogP contribution in [0.5, 0.6) is 0 Å². The molecule has 1 aromatic heterocycles. The van der Waals surface area contributed by atoms with Gasteiger partial charge in [-0.2, -0.15) is 0 Å². The summed E-state index contributed by atoms with van der Waals surface area (Å²) in [5, 5.41) is 0. The maximum atomic E-state index is 13.0. The van der Waals surface area contributed by atoms with Crippen LogP contribution >= 0.6 is 0 Å². The molecule has 0 fully saturated rings. The van der Waals surface area contributed by atoms with E-state index in [0.717, 1.165) is 30.7 Å². The van der Waals surface area contributed by atoms with Gasteiger partial charge in [0.2, 0.25) is 0 Å². The van der Waals surface area contributed by atoms with Crippen LogP contribution in [0, 0.1) is 32.6 Å². The molecule has 0 N–H and O–H groups in total. The molecule has 5 heteroatoms.